The van der Waals surface area contributed by atoms with Crippen molar-refractivity contribution in [3.8, 4) is 0 Å². The maximum absolute atomic E-state index is 13.7. The van der Waals surface area contributed by atoms with Crippen molar-refractivity contribution in [2.45, 2.75) is 43.8 Å². The highest BCUT2D eigenvalue weighted by Crippen LogP contribution is 2.47. The molecule has 3 aliphatic heterocycles. The third-order valence-corrected chi connectivity index (χ3v) is 6.27. The maximum atomic E-state index is 13.7. The minimum absolute atomic E-state index is 0. The van der Waals surface area contributed by atoms with Crippen molar-refractivity contribution in [1.82, 2.24) is 10.2 Å². The van der Waals surface area contributed by atoms with Crippen LogP contribution in [-0.2, 0) is 10.3 Å². The molecule has 0 radical (unpaired) electrons. The number of aliphatic imine (C=N–C) groups is 1. The molecular formula is C20H27F3IN3O2. The van der Waals surface area contributed by atoms with Gasteiger partial charge in [0.1, 0.15) is 0 Å². The summed E-state index contributed by atoms with van der Waals surface area (Å²) in [5.74, 6) is 1.26. The summed E-state index contributed by atoms with van der Waals surface area (Å²) in [7, 11) is 0. The predicted octanol–water partition coefficient (Wildman–Crippen LogP) is 3.13. The van der Waals surface area contributed by atoms with Crippen molar-refractivity contribution in [2.75, 3.05) is 26.2 Å². The monoisotopic (exact) mass is 525 g/mol. The molecule has 9 heteroatoms. The van der Waals surface area contributed by atoms with Crippen molar-refractivity contribution in [3.63, 3.8) is 0 Å². The first-order chi connectivity index (χ1) is 13.3. The highest BCUT2D eigenvalue weighted by molar-refractivity contribution is 14.0. The first-order valence-electron chi connectivity index (χ1n) is 9.87. The maximum Gasteiger partial charge on any atom is 0.423 e. The van der Waals surface area contributed by atoms with Crippen LogP contribution in [0.25, 0.3) is 0 Å². The molecule has 1 aromatic carbocycles. The van der Waals surface area contributed by atoms with E-state index in [-0.39, 0.29) is 41.7 Å². The summed E-state index contributed by atoms with van der Waals surface area (Å²) in [6.07, 6.45) is -2.17. The van der Waals surface area contributed by atoms with Gasteiger partial charge in [-0.1, -0.05) is 30.3 Å². The van der Waals surface area contributed by atoms with Crippen LogP contribution >= 0.6 is 24.0 Å². The smallest absolute Gasteiger partial charge is 0.375 e. The topological polar surface area (TPSA) is 57.1 Å². The SMILES string of the molecule is CCNC(=NCC(O)(c1ccccc1)C(F)(F)F)N1CC2C3CCC(O3)C2C1.I. The van der Waals surface area contributed by atoms with E-state index in [0.717, 1.165) is 25.9 Å². The second-order valence-corrected chi connectivity index (χ2v) is 7.92. The zero-order valence-corrected chi connectivity index (χ0v) is 18.6. The van der Waals surface area contributed by atoms with Gasteiger partial charge in [0.2, 0.25) is 5.60 Å². The number of benzene rings is 1. The third kappa shape index (κ3) is 4.10. The Hall–Kier alpha value is -1.07. The number of nitrogens with one attached hydrogen (secondary N) is 1. The Labute approximate surface area is 185 Å². The van der Waals surface area contributed by atoms with Crippen LogP contribution in [0.5, 0.6) is 0 Å². The van der Waals surface area contributed by atoms with Gasteiger partial charge in [-0.25, -0.2) is 4.99 Å². The van der Waals surface area contributed by atoms with E-state index in [1.165, 1.54) is 24.3 Å². The first-order valence-corrected chi connectivity index (χ1v) is 9.87. The number of guanidine groups is 1. The lowest BCUT2D eigenvalue weighted by atomic mass is 9.82. The Balaban J connectivity index is 0.00000240. The average Bonchev–Trinajstić information content (AvgIpc) is 3.37. The summed E-state index contributed by atoms with van der Waals surface area (Å²) >= 11 is 0. The highest BCUT2D eigenvalue weighted by atomic mass is 127. The van der Waals surface area contributed by atoms with Crippen LogP contribution in [-0.4, -0.2) is 60.5 Å². The van der Waals surface area contributed by atoms with Gasteiger partial charge in [-0.3, -0.25) is 0 Å². The molecule has 162 valence electrons. The van der Waals surface area contributed by atoms with Crippen LogP contribution in [0.15, 0.2) is 35.3 Å². The molecule has 29 heavy (non-hydrogen) atoms. The van der Waals surface area contributed by atoms with Gasteiger partial charge >= 0.3 is 6.18 Å². The Morgan fingerprint density at radius 3 is 2.28 bits per heavy atom. The zero-order valence-electron chi connectivity index (χ0n) is 16.2. The third-order valence-electron chi connectivity index (χ3n) is 6.27. The van der Waals surface area contributed by atoms with Gasteiger partial charge in [-0.05, 0) is 25.3 Å². The lowest BCUT2D eigenvalue weighted by Crippen LogP contribution is -2.47. The standard InChI is InChI=1S/C20H26F3N3O2.HI/c1-2-24-18(26-10-14-15(11-26)17-9-8-16(14)28-17)25-12-19(27,20(21,22)23)13-6-4-3-5-7-13;/h3-7,14-17,27H,2,8-12H2,1H3,(H,24,25);1H. The molecule has 3 fully saturated rings. The molecule has 0 aromatic heterocycles. The molecule has 0 spiro atoms. The largest absolute Gasteiger partial charge is 0.423 e. The molecule has 3 heterocycles. The van der Waals surface area contributed by atoms with E-state index in [1.807, 2.05) is 11.8 Å². The fourth-order valence-electron chi connectivity index (χ4n) is 4.81. The minimum Gasteiger partial charge on any atom is -0.375 e. The number of hydrogen-bond donors (Lipinski definition) is 2. The molecule has 1 aromatic rings. The number of likely N-dealkylation sites (tertiary alicyclic amines) is 1. The summed E-state index contributed by atoms with van der Waals surface area (Å²) in [4.78, 5) is 6.25. The molecule has 5 unspecified atom stereocenters. The van der Waals surface area contributed by atoms with Gasteiger partial charge in [-0.2, -0.15) is 13.2 Å². The number of alkyl halides is 3. The number of halogens is 4. The fraction of sp³-hybridized carbons (Fsp3) is 0.650. The van der Waals surface area contributed by atoms with Crippen molar-refractivity contribution in [2.24, 2.45) is 16.8 Å². The number of hydrogen-bond acceptors (Lipinski definition) is 3. The summed E-state index contributed by atoms with van der Waals surface area (Å²) < 4.78 is 47.2. The second kappa shape index (κ2) is 8.58. The van der Waals surface area contributed by atoms with E-state index in [1.54, 1.807) is 6.07 Å². The number of ether oxygens (including phenoxy) is 1. The molecule has 3 saturated heterocycles. The number of aliphatic hydroxyl groups is 1. The lowest BCUT2D eigenvalue weighted by molar-refractivity contribution is -0.262. The van der Waals surface area contributed by atoms with Crippen LogP contribution < -0.4 is 5.32 Å². The number of nitrogens with zero attached hydrogens (tertiary/aromatic N) is 2. The molecular weight excluding hydrogens is 498 g/mol. The minimum atomic E-state index is -4.83. The summed E-state index contributed by atoms with van der Waals surface area (Å²) in [6, 6.07) is 7.15. The van der Waals surface area contributed by atoms with Crippen LogP contribution in [0, 0.1) is 11.8 Å². The highest BCUT2D eigenvalue weighted by Gasteiger charge is 2.56. The van der Waals surface area contributed by atoms with Crippen LogP contribution in [0.4, 0.5) is 13.2 Å². The second-order valence-electron chi connectivity index (χ2n) is 7.92. The summed E-state index contributed by atoms with van der Waals surface area (Å²) in [5, 5.41) is 13.6. The van der Waals surface area contributed by atoms with Crippen LogP contribution in [0.3, 0.4) is 0 Å². The van der Waals surface area contributed by atoms with E-state index in [0.29, 0.717) is 24.3 Å². The predicted molar refractivity (Wildman–Crippen MR) is 114 cm³/mol. The molecule has 2 N–H and O–H groups in total. The van der Waals surface area contributed by atoms with Gasteiger partial charge in [0, 0.05) is 31.5 Å². The Morgan fingerprint density at radius 1 is 1.17 bits per heavy atom. The Morgan fingerprint density at radius 2 is 1.76 bits per heavy atom. The van der Waals surface area contributed by atoms with Crippen molar-refractivity contribution >= 4 is 29.9 Å². The molecule has 0 saturated carbocycles. The fourth-order valence-corrected chi connectivity index (χ4v) is 4.81. The molecule has 2 bridgehead atoms. The van der Waals surface area contributed by atoms with E-state index < -0.39 is 18.3 Å². The van der Waals surface area contributed by atoms with Gasteiger partial charge in [0.15, 0.2) is 5.96 Å². The average molecular weight is 525 g/mol. The molecule has 5 nitrogen and oxygen atoms in total. The molecule has 5 atom stereocenters. The normalized spacial score (nSPS) is 30.7. The lowest BCUT2D eigenvalue weighted by Gasteiger charge is -2.31. The molecule has 0 aliphatic carbocycles. The number of fused-ring (bicyclic) bond motifs is 5. The van der Waals surface area contributed by atoms with Crippen molar-refractivity contribution < 1.29 is 23.0 Å². The molecule has 3 aliphatic rings. The quantitative estimate of drug-likeness (QED) is 0.361. The first kappa shape index (κ1) is 22.6. The Kier molecular flexibility index (Phi) is 6.69. The zero-order chi connectivity index (χ0) is 19.9. The van der Waals surface area contributed by atoms with Crippen molar-refractivity contribution in [1.29, 1.82) is 0 Å². The van der Waals surface area contributed by atoms with Gasteiger partial charge in [-0.15, -0.1) is 24.0 Å². The van der Waals surface area contributed by atoms with Gasteiger partial charge < -0.3 is 20.1 Å². The summed E-state index contributed by atoms with van der Waals surface area (Å²) in [6.45, 7) is 3.11. The van der Waals surface area contributed by atoms with E-state index in [4.69, 9.17) is 4.74 Å². The van der Waals surface area contributed by atoms with Crippen LogP contribution in [0.1, 0.15) is 25.3 Å². The number of rotatable bonds is 4. The Bertz CT molecular complexity index is 715. The van der Waals surface area contributed by atoms with Crippen molar-refractivity contribution in [3.05, 3.63) is 35.9 Å². The van der Waals surface area contributed by atoms with E-state index in [9.17, 15) is 18.3 Å². The van der Waals surface area contributed by atoms with Gasteiger partial charge in [0.05, 0.1) is 18.8 Å². The molecule has 0 amide bonds. The molecule has 4 rings (SSSR count). The van der Waals surface area contributed by atoms with E-state index >= 15 is 0 Å². The van der Waals surface area contributed by atoms with Gasteiger partial charge in [0.25, 0.3) is 0 Å². The summed E-state index contributed by atoms with van der Waals surface area (Å²) in [5.41, 5.74) is -3.22. The van der Waals surface area contributed by atoms with Crippen LogP contribution in [0.2, 0.25) is 0 Å². The van der Waals surface area contributed by atoms with E-state index in [2.05, 4.69) is 10.3 Å².